The lowest BCUT2D eigenvalue weighted by molar-refractivity contribution is -0.192. The number of unbranched alkanes of at least 4 members (excludes halogenated alkanes) is 5. The number of halogens is 4. The minimum Gasteiger partial charge on any atom is -0.265 e. The van der Waals surface area contributed by atoms with Gasteiger partial charge in [-0.1, -0.05) is 39.0 Å². The third-order valence-electron chi connectivity index (χ3n) is 3.24. The Bertz CT molecular complexity index is 538. The van der Waals surface area contributed by atoms with Crippen LogP contribution in [0.4, 0.5) is 17.6 Å². The molecule has 1 saturated heterocycles. The first-order chi connectivity index (χ1) is 10.5. The number of rotatable bonds is 9. The summed E-state index contributed by atoms with van der Waals surface area (Å²) in [6, 6.07) is 0. The van der Waals surface area contributed by atoms with Crippen LogP contribution >= 0.6 is 0 Å². The van der Waals surface area contributed by atoms with E-state index in [1.807, 2.05) is 6.92 Å². The van der Waals surface area contributed by atoms with Gasteiger partial charge in [0, 0.05) is 0 Å². The maximum absolute atomic E-state index is 13.0. The molecule has 1 heterocycles. The molecule has 23 heavy (non-hydrogen) atoms. The molecular weight excluding hydrogens is 346 g/mol. The highest BCUT2D eigenvalue weighted by Crippen LogP contribution is 2.43. The van der Waals surface area contributed by atoms with Gasteiger partial charge in [0.05, 0.1) is 5.75 Å². The van der Waals surface area contributed by atoms with Crippen LogP contribution in [0.5, 0.6) is 0 Å². The topological polar surface area (TPSA) is 80.8 Å². The number of carbonyl (C=O) groups excluding carboxylic acids is 2. The number of hydrogen-bond acceptors (Lipinski definition) is 5. The molecule has 0 unspecified atom stereocenters. The Kier molecular flexibility index (Phi) is 6.13. The Balaban J connectivity index is 2.61. The van der Waals surface area contributed by atoms with Gasteiger partial charge in [-0.05, 0) is 6.42 Å². The summed E-state index contributed by atoms with van der Waals surface area (Å²) in [6.45, 7) is 1.99. The largest absolute Gasteiger partial charge is 0.398 e. The van der Waals surface area contributed by atoms with Gasteiger partial charge in [0.15, 0.2) is 0 Å². The molecule has 11 heteroatoms. The van der Waals surface area contributed by atoms with E-state index in [0.717, 1.165) is 25.7 Å². The molecular formula is C12H17F4NO5S. The fourth-order valence-electron chi connectivity index (χ4n) is 1.89. The van der Waals surface area contributed by atoms with Crippen LogP contribution in [0.15, 0.2) is 0 Å². The van der Waals surface area contributed by atoms with Crippen molar-refractivity contribution in [3.63, 3.8) is 0 Å². The second-order valence-electron chi connectivity index (χ2n) is 5.16. The lowest BCUT2D eigenvalue weighted by atomic mass is 10.1. The number of imide groups is 1. The number of hydroxylamine groups is 2. The number of alkyl halides is 4. The second kappa shape index (κ2) is 7.12. The highest BCUT2D eigenvalue weighted by molar-refractivity contribution is 7.86. The number of amides is 2. The molecule has 1 aliphatic heterocycles. The van der Waals surface area contributed by atoms with Gasteiger partial charge in [-0.2, -0.15) is 26.0 Å². The van der Waals surface area contributed by atoms with E-state index in [9.17, 15) is 35.6 Å². The van der Waals surface area contributed by atoms with Gasteiger partial charge in [0.1, 0.15) is 0 Å². The van der Waals surface area contributed by atoms with E-state index >= 15 is 0 Å². The predicted octanol–water partition coefficient (Wildman–Crippen LogP) is 2.25. The Morgan fingerprint density at radius 2 is 1.35 bits per heavy atom. The Morgan fingerprint density at radius 1 is 0.913 bits per heavy atom. The molecule has 2 amide bonds. The monoisotopic (exact) mass is 363 g/mol. The van der Waals surface area contributed by atoms with Crippen molar-refractivity contribution in [2.24, 2.45) is 0 Å². The normalized spacial score (nSPS) is 20.3. The summed E-state index contributed by atoms with van der Waals surface area (Å²) in [5, 5.41) is -1.06. The van der Waals surface area contributed by atoms with Crippen LogP contribution in [-0.2, 0) is 24.0 Å². The minimum atomic E-state index is -5.33. The van der Waals surface area contributed by atoms with E-state index < -0.39 is 44.6 Å². The van der Waals surface area contributed by atoms with Crippen molar-refractivity contribution in [2.45, 2.75) is 57.3 Å². The van der Waals surface area contributed by atoms with E-state index in [4.69, 9.17) is 0 Å². The molecule has 0 spiro atoms. The molecule has 0 bridgehead atoms. The molecule has 134 valence electrons. The molecule has 1 aliphatic rings. The van der Waals surface area contributed by atoms with Gasteiger partial charge in [-0.3, -0.25) is 9.59 Å². The Morgan fingerprint density at radius 3 is 1.83 bits per heavy atom. The zero-order valence-corrected chi connectivity index (χ0v) is 13.2. The zero-order chi connectivity index (χ0) is 17.9. The SMILES string of the molecule is CCCCCCCCS(=O)(=O)ON1C(=O)C(F)(F)C(F)(F)C1=O. The molecule has 6 nitrogen and oxygen atoms in total. The average molecular weight is 363 g/mol. The number of hydrogen-bond donors (Lipinski definition) is 0. The summed E-state index contributed by atoms with van der Waals surface area (Å²) >= 11 is 0. The Hall–Kier alpha value is -1.23. The summed E-state index contributed by atoms with van der Waals surface area (Å²) < 4.78 is 78.8. The van der Waals surface area contributed by atoms with Crippen LogP contribution in [0.2, 0.25) is 0 Å². The van der Waals surface area contributed by atoms with Gasteiger partial charge < -0.3 is 0 Å². The molecule has 0 atom stereocenters. The molecule has 1 fully saturated rings. The molecule has 0 aromatic heterocycles. The fourth-order valence-corrected chi connectivity index (χ4v) is 2.89. The van der Waals surface area contributed by atoms with Crippen LogP contribution in [0.25, 0.3) is 0 Å². The van der Waals surface area contributed by atoms with Gasteiger partial charge in [-0.15, -0.1) is 9.35 Å². The molecule has 0 saturated carbocycles. The van der Waals surface area contributed by atoms with Crippen LogP contribution in [0, 0.1) is 0 Å². The third-order valence-corrected chi connectivity index (χ3v) is 4.40. The van der Waals surface area contributed by atoms with E-state index in [-0.39, 0.29) is 6.42 Å². The summed E-state index contributed by atoms with van der Waals surface area (Å²) in [5.74, 6) is -16.7. The van der Waals surface area contributed by atoms with Crippen LogP contribution in [0.1, 0.15) is 45.4 Å². The van der Waals surface area contributed by atoms with E-state index in [1.54, 1.807) is 0 Å². The Labute approximate surface area is 130 Å². The van der Waals surface area contributed by atoms with Gasteiger partial charge in [0.2, 0.25) is 0 Å². The molecule has 0 aliphatic carbocycles. The molecule has 0 aromatic rings. The third kappa shape index (κ3) is 4.19. The number of carbonyl (C=O) groups is 2. The smallest absolute Gasteiger partial charge is 0.265 e. The lowest BCUT2D eigenvalue weighted by Crippen LogP contribution is -2.43. The summed E-state index contributed by atoms with van der Waals surface area (Å²) in [7, 11) is -4.61. The fraction of sp³-hybridized carbons (Fsp3) is 0.833. The van der Waals surface area contributed by atoms with E-state index in [0.29, 0.717) is 6.42 Å². The average Bonchev–Trinajstić information content (AvgIpc) is 2.55. The molecule has 0 radical (unpaired) electrons. The minimum absolute atomic E-state index is 0.0923. The van der Waals surface area contributed by atoms with Gasteiger partial charge in [0.25, 0.3) is 10.1 Å². The maximum atomic E-state index is 13.0. The van der Waals surface area contributed by atoms with Crippen molar-refractivity contribution >= 4 is 21.9 Å². The first-order valence-corrected chi connectivity index (χ1v) is 8.62. The molecule has 1 rings (SSSR count). The summed E-state index contributed by atoms with van der Waals surface area (Å²) in [6.07, 6.45) is 4.18. The van der Waals surface area contributed by atoms with Crippen molar-refractivity contribution in [3.05, 3.63) is 0 Å². The first kappa shape index (κ1) is 19.8. The highest BCUT2D eigenvalue weighted by atomic mass is 32.2. The summed E-state index contributed by atoms with van der Waals surface area (Å²) in [4.78, 5) is 22.1. The quantitative estimate of drug-likeness (QED) is 0.357. The van der Waals surface area contributed by atoms with Crippen molar-refractivity contribution < 1.29 is 39.9 Å². The molecule has 0 aromatic carbocycles. The van der Waals surface area contributed by atoms with Crippen LogP contribution in [0.3, 0.4) is 0 Å². The van der Waals surface area contributed by atoms with Crippen LogP contribution in [-0.4, -0.2) is 42.9 Å². The maximum Gasteiger partial charge on any atom is 0.398 e. The predicted molar refractivity (Wildman–Crippen MR) is 70.0 cm³/mol. The molecule has 0 N–H and O–H groups in total. The van der Waals surface area contributed by atoms with Crippen molar-refractivity contribution in [1.82, 2.24) is 5.06 Å². The standard InChI is InChI=1S/C12H17F4NO5S/c1-2-3-4-5-6-7-8-23(20,21)22-17-9(18)11(13,14)12(15,16)10(17)19/h2-8H2,1H3. The van der Waals surface area contributed by atoms with Gasteiger partial charge >= 0.3 is 23.7 Å². The van der Waals surface area contributed by atoms with Crippen molar-refractivity contribution in [2.75, 3.05) is 5.75 Å². The zero-order valence-electron chi connectivity index (χ0n) is 12.4. The lowest BCUT2D eigenvalue weighted by Gasteiger charge is -2.12. The summed E-state index contributed by atoms with van der Waals surface area (Å²) in [5.41, 5.74) is 0. The first-order valence-electron chi connectivity index (χ1n) is 7.04. The van der Waals surface area contributed by atoms with Gasteiger partial charge in [-0.25, -0.2) is 0 Å². The van der Waals surface area contributed by atoms with E-state index in [2.05, 4.69) is 4.28 Å². The second-order valence-corrected chi connectivity index (χ2v) is 6.83. The number of nitrogens with zero attached hydrogens (tertiary/aromatic N) is 1. The van der Waals surface area contributed by atoms with Crippen molar-refractivity contribution in [3.8, 4) is 0 Å². The highest BCUT2D eigenvalue weighted by Gasteiger charge is 2.77. The van der Waals surface area contributed by atoms with Crippen LogP contribution < -0.4 is 0 Å². The van der Waals surface area contributed by atoms with Crippen molar-refractivity contribution in [1.29, 1.82) is 0 Å². The van der Waals surface area contributed by atoms with E-state index in [1.165, 1.54) is 0 Å².